The van der Waals surface area contributed by atoms with Crippen molar-refractivity contribution in [3.05, 3.63) is 45.9 Å². The summed E-state index contributed by atoms with van der Waals surface area (Å²) in [6, 6.07) is 5.82. The van der Waals surface area contributed by atoms with Crippen LogP contribution in [-0.2, 0) is 0 Å². The molecule has 0 amide bonds. The van der Waals surface area contributed by atoms with Gasteiger partial charge in [-0.15, -0.1) is 0 Å². The van der Waals surface area contributed by atoms with Crippen molar-refractivity contribution in [2.75, 3.05) is 18.4 Å². The molecule has 1 aliphatic rings. The lowest BCUT2D eigenvalue weighted by atomic mass is 10.0. The molecule has 3 nitrogen and oxygen atoms in total. The van der Waals surface area contributed by atoms with Crippen LogP contribution in [0.1, 0.15) is 0 Å². The molecule has 3 rings (SSSR count). The number of anilines is 1. The monoisotopic (exact) mass is 344 g/mol. The maximum absolute atomic E-state index is 13.8. The Hall–Kier alpha value is -1.56. The quantitative estimate of drug-likeness (QED) is 0.807. The predicted molar refractivity (Wildman–Crippen MR) is 83.8 cm³/mol. The lowest BCUT2D eigenvalue weighted by molar-refractivity contribution is 0.215. The third kappa shape index (κ3) is 2.49. The van der Waals surface area contributed by atoms with Crippen molar-refractivity contribution in [3.63, 3.8) is 0 Å². The molecule has 1 atom stereocenters. The molecule has 0 bridgehead atoms. The van der Waals surface area contributed by atoms with Gasteiger partial charge in [0.05, 0.1) is 22.3 Å². The molecule has 2 aromatic carbocycles. The van der Waals surface area contributed by atoms with E-state index in [0.29, 0.717) is 36.2 Å². The number of fused-ring (bicyclic) bond motifs is 1. The molecule has 0 radical (unpaired) electrons. The maximum atomic E-state index is 13.8. The van der Waals surface area contributed by atoms with E-state index in [-0.39, 0.29) is 21.7 Å². The van der Waals surface area contributed by atoms with Crippen molar-refractivity contribution < 1.29 is 13.5 Å². The fourth-order valence-corrected chi connectivity index (χ4v) is 2.92. The van der Waals surface area contributed by atoms with Gasteiger partial charge in [0.25, 0.3) is 0 Å². The standard InChI is InChI=1S/C15H12Cl2F2N2O/c16-13-9(18)4-10(19)14(17)12(13)8-2-1-3-11-15(8)22-7(5-20)6-21-11/h1-4,7,21H,5-6,20H2. The summed E-state index contributed by atoms with van der Waals surface area (Å²) < 4.78 is 33.4. The molecule has 0 saturated carbocycles. The van der Waals surface area contributed by atoms with Crippen LogP contribution in [0, 0.1) is 11.6 Å². The molecule has 2 aromatic rings. The third-order valence-corrected chi connectivity index (χ3v) is 4.20. The van der Waals surface area contributed by atoms with Crippen molar-refractivity contribution >= 4 is 28.9 Å². The van der Waals surface area contributed by atoms with Gasteiger partial charge in [0.15, 0.2) is 5.75 Å². The van der Waals surface area contributed by atoms with Gasteiger partial charge in [-0.1, -0.05) is 35.3 Å². The van der Waals surface area contributed by atoms with Gasteiger partial charge in [-0.3, -0.25) is 0 Å². The van der Waals surface area contributed by atoms with E-state index < -0.39 is 11.6 Å². The summed E-state index contributed by atoms with van der Waals surface area (Å²) in [5.41, 5.74) is 6.79. The molecular formula is C15H12Cl2F2N2O. The molecular weight excluding hydrogens is 333 g/mol. The third-order valence-electron chi connectivity index (χ3n) is 3.46. The maximum Gasteiger partial charge on any atom is 0.150 e. The second-order valence-electron chi connectivity index (χ2n) is 4.88. The predicted octanol–water partition coefficient (Wildman–Crippen LogP) is 4.07. The molecule has 0 spiro atoms. The summed E-state index contributed by atoms with van der Waals surface area (Å²) >= 11 is 12.0. The van der Waals surface area contributed by atoms with Crippen LogP contribution in [0.3, 0.4) is 0 Å². The Morgan fingerprint density at radius 1 is 1.23 bits per heavy atom. The zero-order valence-corrected chi connectivity index (χ0v) is 12.8. The number of hydrogen-bond donors (Lipinski definition) is 2. The van der Waals surface area contributed by atoms with Crippen LogP contribution in [0.25, 0.3) is 11.1 Å². The molecule has 0 saturated heterocycles. The topological polar surface area (TPSA) is 47.3 Å². The van der Waals surface area contributed by atoms with E-state index in [1.165, 1.54) is 0 Å². The van der Waals surface area contributed by atoms with Gasteiger partial charge in [-0.25, -0.2) is 8.78 Å². The summed E-state index contributed by atoms with van der Waals surface area (Å²) in [6.45, 7) is 0.853. The highest BCUT2D eigenvalue weighted by atomic mass is 35.5. The molecule has 3 N–H and O–H groups in total. The molecule has 22 heavy (non-hydrogen) atoms. The van der Waals surface area contributed by atoms with Gasteiger partial charge >= 0.3 is 0 Å². The van der Waals surface area contributed by atoms with Crippen molar-refractivity contribution in [1.82, 2.24) is 0 Å². The number of rotatable bonds is 2. The molecule has 7 heteroatoms. The van der Waals surface area contributed by atoms with E-state index in [4.69, 9.17) is 33.7 Å². The van der Waals surface area contributed by atoms with Crippen molar-refractivity contribution in [2.45, 2.75) is 6.10 Å². The van der Waals surface area contributed by atoms with Crippen LogP contribution in [0.15, 0.2) is 24.3 Å². The molecule has 0 fully saturated rings. The van der Waals surface area contributed by atoms with Crippen LogP contribution in [0.4, 0.5) is 14.5 Å². The average molecular weight is 345 g/mol. The van der Waals surface area contributed by atoms with Gasteiger partial charge in [0.1, 0.15) is 17.7 Å². The molecule has 0 aliphatic carbocycles. The largest absolute Gasteiger partial charge is 0.484 e. The summed E-state index contributed by atoms with van der Waals surface area (Å²) in [5, 5.41) is 2.66. The number of hydrogen-bond acceptors (Lipinski definition) is 3. The summed E-state index contributed by atoms with van der Waals surface area (Å²) in [5.74, 6) is -1.33. The first kappa shape index (κ1) is 15.3. The fraction of sp³-hybridized carbons (Fsp3) is 0.200. The van der Waals surface area contributed by atoms with Crippen molar-refractivity contribution in [1.29, 1.82) is 0 Å². The molecule has 0 aromatic heterocycles. The molecule has 1 unspecified atom stereocenters. The Balaban J connectivity index is 2.23. The van der Waals surface area contributed by atoms with Gasteiger partial charge in [-0.2, -0.15) is 0 Å². The van der Waals surface area contributed by atoms with E-state index >= 15 is 0 Å². The Labute approximate surface area is 136 Å². The highest BCUT2D eigenvalue weighted by Gasteiger charge is 2.25. The van der Waals surface area contributed by atoms with Crippen molar-refractivity contribution in [3.8, 4) is 16.9 Å². The second kappa shape index (κ2) is 5.91. The Bertz CT molecular complexity index is 714. The number of para-hydroxylation sites is 1. The average Bonchev–Trinajstić information content (AvgIpc) is 2.53. The minimum atomic E-state index is -0.879. The van der Waals surface area contributed by atoms with Crippen LogP contribution >= 0.6 is 23.2 Å². The van der Waals surface area contributed by atoms with E-state index in [9.17, 15) is 8.78 Å². The summed E-state index contributed by atoms with van der Waals surface area (Å²) in [7, 11) is 0. The molecule has 1 aliphatic heterocycles. The first-order chi connectivity index (χ1) is 10.5. The smallest absolute Gasteiger partial charge is 0.150 e. The Morgan fingerprint density at radius 2 is 1.91 bits per heavy atom. The lowest BCUT2D eigenvalue weighted by Gasteiger charge is -2.28. The van der Waals surface area contributed by atoms with E-state index in [2.05, 4.69) is 5.32 Å². The zero-order chi connectivity index (χ0) is 15.9. The van der Waals surface area contributed by atoms with Gasteiger partial charge in [-0.05, 0) is 6.07 Å². The highest BCUT2D eigenvalue weighted by Crippen LogP contribution is 2.46. The second-order valence-corrected chi connectivity index (χ2v) is 5.64. The van der Waals surface area contributed by atoms with E-state index in [1.54, 1.807) is 18.2 Å². The molecule has 116 valence electrons. The minimum Gasteiger partial charge on any atom is -0.484 e. The number of halogens is 4. The van der Waals surface area contributed by atoms with E-state index in [0.717, 1.165) is 0 Å². The van der Waals surface area contributed by atoms with Crippen LogP contribution < -0.4 is 15.8 Å². The van der Waals surface area contributed by atoms with E-state index in [1.807, 2.05) is 0 Å². The SMILES string of the molecule is NCC1CNc2cccc(-c3c(Cl)c(F)cc(F)c3Cl)c2O1. The van der Waals surface area contributed by atoms with Gasteiger partial charge in [0, 0.05) is 23.7 Å². The first-order valence-electron chi connectivity index (χ1n) is 6.60. The number of benzene rings is 2. The van der Waals surface area contributed by atoms with Crippen LogP contribution in [-0.4, -0.2) is 19.2 Å². The summed E-state index contributed by atoms with van der Waals surface area (Å²) in [4.78, 5) is 0. The molecule has 1 heterocycles. The summed E-state index contributed by atoms with van der Waals surface area (Å²) in [6.07, 6.45) is -0.246. The normalized spacial score (nSPS) is 16.7. The lowest BCUT2D eigenvalue weighted by Crippen LogP contribution is -2.37. The number of nitrogens with one attached hydrogen (secondary N) is 1. The Morgan fingerprint density at radius 3 is 2.55 bits per heavy atom. The first-order valence-corrected chi connectivity index (χ1v) is 7.35. The van der Waals surface area contributed by atoms with Crippen LogP contribution in [0.2, 0.25) is 10.0 Å². The van der Waals surface area contributed by atoms with Crippen molar-refractivity contribution in [2.24, 2.45) is 5.73 Å². The Kier molecular flexibility index (Phi) is 4.12. The van der Waals surface area contributed by atoms with Crippen LogP contribution in [0.5, 0.6) is 5.75 Å². The number of ether oxygens (including phenoxy) is 1. The number of nitrogens with two attached hydrogens (primary N) is 1. The fourth-order valence-electron chi connectivity index (χ4n) is 2.37. The zero-order valence-electron chi connectivity index (χ0n) is 11.3. The highest BCUT2D eigenvalue weighted by molar-refractivity contribution is 6.39. The minimum absolute atomic E-state index is 0.0668. The van der Waals surface area contributed by atoms with Gasteiger partial charge < -0.3 is 15.8 Å². The van der Waals surface area contributed by atoms with Gasteiger partial charge in [0.2, 0.25) is 0 Å².